The van der Waals surface area contributed by atoms with Crippen LogP contribution in [0.2, 0.25) is 0 Å². The zero-order valence-corrected chi connectivity index (χ0v) is 14.4. The Kier molecular flexibility index (Phi) is 4.90. The Bertz CT molecular complexity index is 846. The van der Waals surface area contributed by atoms with Gasteiger partial charge in [0.2, 0.25) is 0 Å². The number of carbonyl (C=O) groups excluding carboxylic acids is 1. The molecule has 3 aromatic rings. The molecule has 3 rings (SSSR count). The van der Waals surface area contributed by atoms with Gasteiger partial charge in [-0.1, -0.05) is 33.2 Å². The summed E-state index contributed by atoms with van der Waals surface area (Å²) in [5.41, 5.74) is 1.25. The molecule has 0 spiro atoms. The van der Waals surface area contributed by atoms with E-state index < -0.39 is 0 Å². The number of rotatable bonds is 5. The van der Waals surface area contributed by atoms with Gasteiger partial charge in [-0.2, -0.15) is 4.98 Å². The van der Waals surface area contributed by atoms with E-state index >= 15 is 0 Å². The topological polar surface area (TPSA) is 77.2 Å². The number of carbonyl (C=O) groups is 1. The van der Waals surface area contributed by atoms with Crippen molar-refractivity contribution in [2.45, 2.75) is 6.92 Å². The summed E-state index contributed by atoms with van der Waals surface area (Å²) in [6.07, 6.45) is 0. The van der Waals surface area contributed by atoms with E-state index in [0.717, 1.165) is 4.47 Å². The lowest BCUT2D eigenvalue weighted by molar-refractivity contribution is -0.118. The van der Waals surface area contributed by atoms with Crippen LogP contribution >= 0.6 is 15.9 Å². The molecule has 1 amide bonds. The Morgan fingerprint density at radius 2 is 1.96 bits per heavy atom. The fourth-order valence-electron chi connectivity index (χ4n) is 2.05. The third-order valence-electron chi connectivity index (χ3n) is 3.14. The standard InChI is InChI=1S/C17H14BrN3O3/c1-11-19-17(24-21-11)14-4-2-3-5-15(14)20-16(22)10-23-13-8-6-12(18)7-9-13/h2-9H,10H2,1H3,(H,20,22). The molecular formula is C17H14BrN3O3. The molecule has 7 heteroatoms. The van der Waals surface area contributed by atoms with Crippen LogP contribution in [0.1, 0.15) is 5.82 Å². The van der Waals surface area contributed by atoms with E-state index in [1.165, 1.54) is 0 Å². The normalized spacial score (nSPS) is 10.4. The molecule has 2 aromatic carbocycles. The second kappa shape index (κ2) is 7.27. The second-order valence-corrected chi connectivity index (χ2v) is 5.90. The van der Waals surface area contributed by atoms with Crippen LogP contribution in [-0.2, 0) is 4.79 Å². The smallest absolute Gasteiger partial charge is 0.262 e. The molecule has 122 valence electrons. The van der Waals surface area contributed by atoms with Gasteiger partial charge in [0.1, 0.15) is 5.75 Å². The number of halogens is 1. The molecule has 0 unspecified atom stereocenters. The highest BCUT2D eigenvalue weighted by Crippen LogP contribution is 2.26. The summed E-state index contributed by atoms with van der Waals surface area (Å²) in [5, 5.41) is 6.57. The van der Waals surface area contributed by atoms with Gasteiger partial charge >= 0.3 is 0 Å². The number of nitrogens with one attached hydrogen (secondary N) is 1. The van der Waals surface area contributed by atoms with Crippen LogP contribution in [0, 0.1) is 6.92 Å². The highest BCUT2D eigenvalue weighted by molar-refractivity contribution is 9.10. The van der Waals surface area contributed by atoms with Crippen molar-refractivity contribution in [1.29, 1.82) is 0 Å². The van der Waals surface area contributed by atoms with Gasteiger partial charge in [0, 0.05) is 4.47 Å². The molecule has 0 fully saturated rings. The van der Waals surface area contributed by atoms with Crippen LogP contribution in [0.15, 0.2) is 57.5 Å². The number of anilines is 1. The SMILES string of the molecule is Cc1noc(-c2ccccc2NC(=O)COc2ccc(Br)cc2)n1. The highest BCUT2D eigenvalue weighted by atomic mass is 79.9. The lowest BCUT2D eigenvalue weighted by Crippen LogP contribution is -2.20. The maximum absolute atomic E-state index is 12.1. The molecule has 0 atom stereocenters. The average Bonchev–Trinajstić information content (AvgIpc) is 3.01. The van der Waals surface area contributed by atoms with Crippen molar-refractivity contribution in [3.63, 3.8) is 0 Å². The minimum Gasteiger partial charge on any atom is -0.484 e. The Morgan fingerprint density at radius 3 is 2.67 bits per heavy atom. The van der Waals surface area contributed by atoms with Gasteiger partial charge in [-0.3, -0.25) is 4.79 Å². The molecule has 6 nitrogen and oxygen atoms in total. The molecule has 0 aliphatic heterocycles. The van der Waals surface area contributed by atoms with Crippen molar-refractivity contribution < 1.29 is 14.1 Å². The molecule has 1 aromatic heterocycles. The monoisotopic (exact) mass is 387 g/mol. The van der Waals surface area contributed by atoms with Crippen LogP contribution in [-0.4, -0.2) is 22.7 Å². The minimum absolute atomic E-state index is 0.0984. The zero-order chi connectivity index (χ0) is 16.9. The van der Waals surface area contributed by atoms with Gasteiger partial charge < -0.3 is 14.6 Å². The lowest BCUT2D eigenvalue weighted by atomic mass is 10.1. The van der Waals surface area contributed by atoms with Crippen LogP contribution in [0.5, 0.6) is 5.75 Å². The number of para-hydroxylation sites is 1. The molecule has 0 saturated heterocycles. The highest BCUT2D eigenvalue weighted by Gasteiger charge is 2.13. The van der Waals surface area contributed by atoms with E-state index in [1.54, 1.807) is 31.2 Å². The quantitative estimate of drug-likeness (QED) is 0.719. The summed E-state index contributed by atoms with van der Waals surface area (Å²) in [6, 6.07) is 14.5. The maximum atomic E-state index is 12.1. The zero-order valence-electron chi connectivity index (χ0n) is 12.8. The number of hydrogen-bond donors (Lipinski definition) is 1. The van der Waals surface area contributed by atoms with E-state index in [2.05, 4.69) is 31.4 Å². The van der Waals surface area contributed by atoms with Gasteiger partial charge in [0.15, 0.2) is 12.4 Å². The summed E-state index contributed by atoms with van der Waals surface area (Å²) in [6.45, 7) is 1.64. The first-order valence-electron chi connectivity index (χ1n) is 7.20. The van der Waals surface area contributed by atoms with Crippen molar-refractivity contribution in [1.82, 2.24) is 10.1 Å². The molecule has 24 heavy (non-hydrogen) atoms. The number of aryl methyl sites for hydroxylation is 1. The first-order valence-corrected chi connectivity index (χ1v) is 7.99. The van der Waals surface area contributed by atoms with E-state index in [0.29, 0.717) is 28.7 Å². The van der Waals surface area contributed by atoms with Gasteiger partial charge in [0.05, 0.1) is 11.3 Å². The molecule has 0 saturated carbocycles. The minimum atomic E-state index is -0.276. The molecule has 0 aliphatic carbocycles. The van der Waals surface area contributed by atoms with Gasteiger partial charge in [-0.25, -0.2) is 0 Å². The van der Waals surface area contributed by atoms with Crippen LogP contribution in [0.25, 0.3) is 11.5 Å². The fraction of sp³-hybridized carbons (Fsp3) is 0.118. The first kappa shape index (κ1) is 16.2. The van der Waals surface area contributed by atoms with Gasteiger partial charge in [-0.05, 0) is 43.3 Å². The van der Waals surface area contributed by atoms with Gasteiger partial charge in [0.25, 0.3) is 11.8 Å². The average molecular weight is 388 g/mol. The molecule has 0 aliphatic rings. The predicted octanol–water partition coefficient (Wildman–Crippen LogP) is 3.83. The van der Waals surface area contributed by atoms with Crippen molar-refractivity contribution in [2.24, 2.45) is 0 Å². The predicted molar refractivity (Wildman–Crippen MR) is 92.7 cm³/mol. The Labute approximate surface area is 147 Å². The number of ether oxygens (including phenoxy) is 1. The van der Waals surface area contributed by atoms with Gasteiger partial charge in [-0.15, -0.1) is 0 Å². The molecule has 1 heterocycles. The van der Waals surface area contributed by atoms with Crippen molar-refractivity contribution in [2.75, 3.05) is 11.9 Å². The molecule has 1 N–H and O–H groups in total. The molecule has 0 radical (unpaired) electrons. The Balaban J connectivity index is 1.67. The maximum Gasteiger partial charge on any atom is 0.262 e. The Morgan fingerprint density at radius 1 is 1.21 bits per heavy atom. The third-order valence-corrected chi connectivity index (χ3v) is 3.67. The number of hydrogen-bond acceptors (Lipinski definition) is 5. The lowest BCUT2D eigenvalue weighted by Gasteiger charge is -2.09. The number of amides is 1. The van der Waals surface area contributed by atoms with E-state index in [4.69, 9.17) is 9.26 Å². The Hall–Kier alpha value is -2.67. The summed E-state index contributed by atoms with van der Waals surface area (Å²) in [4.78, 5) is 16.3. The number of aromatic nitrogens is 2. The summed E-state index contributed by atoms with van der Waals surface area (Å²) in [7, 11) is 0. The fourth-order valence-corrected chi connectivity index (χ4v) is 2.32. The first-order chi connectivity index (χ1) is 11.6. The van der Waals surface area contributed by atoms with E-state index in [-0.39, 0.29) is 12.5 Å². The number of benzene rings is 2. The number of nitrogens with zero attached hydrogens (tertiary/aromatic N) is 2. The van der Waals surface area contributed by atoms with E-state index in [9.17, 15) is 4.79 Å². The second-order valence-electron chi connectivity index (χ2n) is 4.98. The summed E-state index contributed by atoms with van der Waals surface area (Å²) >= 11 is 3.35. The van der Waals surface area contributed by atoms with Crippen molar-refractivity contribution in [3.8, 4) is 17.2 Å². The summed E-state index contributed by atoms with van der Waals surface area (Å²) in [5.74, 6) is 1.23. The molecule has 0 bridgehead atoms. The third kappa shape index (κ3) is 3.99. The van der Waals surface area contributed by atoms with Crippen LogP contribution in [0.3, 0.4) is 0 Å². The van der Waals surface area contributed by atoms with E-state index in [1.807, 2.05) is 24.3 Å². The largest absolute Gasteiger partial charge is 0.484 e. The summed E-state index contributed by atoms with van der Waals surface area (Å²) < 4.78 is 11.6. The van der Waals surface area contributed by atoms with Crippen molar-refractivity contribution >= 4 is 27.5 Å². The van der Waals surface area contributed by atoms with Crippen LogP contribution in [0.4, 0.5) is 5.69 Å². The van der Waals surface area contributed by atoms with Crippen molar-refractivity contribution in [3.05, 3.63) is 58.8 Å². The van der Waals surface area contributed by atoms with Crippen LogP contribution < -0.4 is 10.1 Å². The molecular weight excluding hydrogens is 374 g/mol.